The summed E-state index contributed by atoms with van der Waals surface area (Å²) in [6, 6.07) is 6.90. The van der Waals surface area contributed by atoms with Crippen LogP contribution in [0.1, 0.15) is 57.6 Å². The van der Waals surface area contributed by atoms with Crippen molar-refractivity contribution in [3.63, 3.8) is 0 Å². The van der Waals surface area contributed by atoms with Gasteiger partial charge in [-0.15, -0.1) is 0 Å². The minimum Gasteiger partial charge on any atom is -0.467 e. The van der Waals surface area contributed by atoms with Crippen molar-refractivity contribution in [3.8, 4) is 11.8 Å². The van der Waals surface area contributed by atoms with Crippen LogP contribution in [0.2, 0.25) is 0 Å². The number of carbonyl (C=O) groups excluding carboxylic acids is 1. The summed E-state index contributed by atoms with van der Waals surface area (Å²) in [6.07, 6.45) is 3.42. The first-order valence-corrected chi connectivity index (χ1v) is 13.4. The van der Waals surface area contributed by atoms with Crippen molar-refractivity contribution in [2.24, 2.45) is 0 Å². The van der Waals surface area contributed by atoms with Crippen molar-refractivity contribution < 1.29 is 19.0 Å². The van der Waals surface area contributed by atoms with E-state index < -0.39 is 5.60 Å². The molecule has 10 nitrogen and oxygen atoms in total. The highest BCUT2D eigenvalue weighted by molar-refractivity contribution is 5.82. The SMILES string of the molecule is COc1nc(N2CCOC[C@H]2C)cc(-n2ncc3cc(C)c(C4CCN(C(=O)OC(C)(C)C)CC4)cc32)n1. The number of fused-ring (bicyclic) bond motifs is 1. The summed E-state index contributed by atoms with van der Waals surface area (Å²) in [5.74, 6) is 1.81. The molecule has 0 bridgehead atoms. The lowest BCUT2D eigenvalue weighted by atomic mass is 9.86. The molecule has 38 heavy (non-hydrogen) atoms. The molecule has 0 N–H and O–H groups in total. The van der Waals surface area contributed by atoms with Gasteiger partial charge in [-0.05, 0) is 76.6 Å². The van der Waals surface area contributed by atoms with Crippen LogP contribution < -0.4 is 9.64 Å². The average Bonchev–Trinajstić information content (AvgIpc) is 3.30. The lowest BCUT2D eigenvalue weighted by molar-refractivity contribution is 0.0205. The number of hydrogen-bond acceptors (Lipinski definition) is 8. The molecule has 2 aliphatic heterocycles. The van der Waals surface area contributed by atoms with Crippen LogP contribution in [0.3, 0.4) is 0 Å². The van der Waals surface area contributed by atoms with E-state index in [1.807, 2.05) is 42.6 Å². The second-order valence-electron chi connectivity index (χ2n) is 11.3. The Morgan fingerprint density at radius 2 is 1.82 bits per heavy atom. The lowest BCUT2D eigenvalue weighted by Crippen LogP contribution is -2.44. The predicted molar refractivity (Wildman–Crippen MR) is 145 cm³/mol. The molecule has 0 saturated carbocycles. The summed E-state index contributed by atoms with van der Waals surface area (Å²) in [5.41, 5.74) is 3.01. The fraction of sp³-hybridized carbons (Fsp3) is 0.571. The first-order valence-electron chi connectivity index (χ1n) is 13.4. The Hall–Kier alpha value is -3.40. The molecule has 3 aromatic rings. The predicted octanol–water partition coefficient (Wildman–Crippen LogP) is 4.47. The Labute approximate surface area is 223 Å². The van der Waals surface area contributed by atoms with E-state index in [1.54, 1.807) is 7.11 Å². The van der Waals surface area contributed by atoms with Gasteiger partial charge in [-0.2, -0.15) is 15.1 Å². The smallest absolute Gasteiger partial charge is 0.410 e. The largest absolute Gasteiger partial charge is 0.467 e. The monoisotopic (exact) mass is 522 g/mol. The van der Waals surface area contributed by atoms with E-state index >= 15 is 0 Å². The summed E-state index contributed by atoms with van der Waals surface area (Å²) >= 11 is 0. The number of aryl methyl sites for hydroxylation is 1. The van der Waals surface area contributed by atoms with Crippen molar-refractivity contribution in [2.45, 2.75) is 65.0 Å². The normalized spacial score (nSPS) is 19.2. The van der Waals surface area contributed by atoms with Crippen molar-refractivity contribution >= 4 is 22.8 Å². The zero-order valence-electron chi connectivity index (χ0n) is 23.2. The van der Waals surface area contributed by atoms with Gasteiger partial charge in [-0.3, -0.25) is 0 Å². The molecule has 2 aromatic heterocycles. The van der Waals surface area contributed by atoms with E-state index in [0.717, 1.165) is 36.1 Å². The minimum atomic E-state index is -0.489. The third-order valence-corrected chi connectivity index (χ3v) is 7.28. The van der Waals surface area contributed by atoms with Crippen LogP contribution in [0.25, 0.3) is 16.7 Å². The molecule has 5 rings (SSSR count). The number of hydrogen-bond donors (Lipinski definition) is 0. The molecule has 0 spiro atoms. The number of nitrogens with zero attached hydrogens (tertiary/aromatic N) is 6. The Bertz CT molecular complexity index is 1310. The van der Waals surface area contributed by atoms with E-state index in [9.17, 15) is 4.79 Å². The maximum Gasteiger partial charge on any atom is 0.410 e. The highest BCUT2D eigenvalue weighted by atomic mass is 16.6. The molecule has 1 atom stereocenters. The van der Waals surface area contributed by atoms with Crippen LogP contribution >= 0.6 is 0 Å². The molecule has 2 saturated heterocycles. The van der Waals surface area contributed by atoms with Crippen LogP contribution in [0.15, 0.2) is 24.4 Å². The van der Waals surface area contributed by atoms with Gasteiger partial charge in [0.2, 0.25) is 0 Å². The van der Waals surface area contributed by atoms with E-state index in [0.29, 0.717) is 44.0 Å². The molecule has 2 fully saturated rings. The van der Waals surface area contributed by atoms with Gasteiger partial charge in [-0.1, -0.05) is 0 Å². The summed E-state index contributed by atoms with van der Waals surface area (Å²) in [6.45, 7) is 13.4. The van der Waals surface area contributed by atoms with Gasteiger partial charge in [0.25, 0.3) is 0 Å². The summed E-state index contributed by atoms with van der Waals surface area (Å²) in [5, 5.41) is 5.75. The number of anilines is 1. The highest BCUT2D eigenvalue weighted by Crippen LogP contribution is 2.34. The quantitative estimate of drug-likeness (QED) is 0.495. The van der Waals surface area contributed by atoms with E-state index in [4.69, 9.17) is 19.3 Å². The lowest BCUT2D eigenvalue weighted by Gasteiger charge is -2.34. The summed E-state index contributed by atoms with van der Waals surface area (Å²) in [4.78, 5) is 25.8. The molecular formula is C28H38N6O4. The summed E-state index contributed by atoms with van der Waals surface area (Å²) < 4.78 is 18.5. The highest BCUT2D eigenvalue weighted by Gasteiger charge is 2.29. The Kier molecular flexibility index (Phi) is 7.17. The molecule has 0 unspecified atom stereocenters. The fourth-order valence-corrected chi connectivity index (χ4v) is 5.34. The van der Waals surface area contributed by atoms with E-state index in [1.165, 1.54) is 11.1 Å². The fourth-order valence-electron chi connectivity index (χ4n) is 5.34. The molecular weight excluding hydrogens is 484 g/mol. The van der Waals surface area contributed by atoms with Crippen molar-refractivity contribution in [3.05, 3.63) is 35.5 Å². The second-order valence-corrected chi connectivity index (χ2v) is 11.3. The number of ether oxygens (including phenoxy) is 3. The number of likely N-dealkylation sites (tertiary alicyclic amines) is 1. The first kappa shape index (κ1) is 26.2. The van der Waals surface area contributed by atoms with Crippen LogP contribution in [0.4, 0.5) is 10.6 Å². The topological polar surface area (TPSA) is 94.8 Å². The van der Waals surface area contributed by atoms with Gasteiger partial charge in [0, 0.05) is 31.1 Å². The van der Waals surface area contributed by atoms with Gasteiger partial charge in [0.15, 0.2) is 5.82 Å². The molecule has 10 heteroatoms. The number of amides is 1. The van der Waals surface area contributed by atoms with Gasteiger partial charge < -0.3 is 24.0 Å². The Morgan fingerprint density at radius 1 is 1.08 bits per heavy atom. The zero-order valence-corrected chi connectivity index (χ0v) is 23.2. The van der Waals surface area contributed by atoms with Crippen molar-refractivity contribution in [1.29, 1.82) is 0 Å². The maximum absolute atomic E-state index is 12.5. The standard InChI is InChI=1S/C28H38N6O4/c1-18-13-21-16-29-34(25-15-24(30-26(31-25)36-6)33-11-12-37-17-19(33)2)23(21)14-22(18)20-7-9-32(10-8-20)27(35)38-28(3,4)5/h13-16,19-20H,7-12,17H2,1-6H3/t19-/m1/s1. The van der Waals surface area contributed by atoms with Gasteiger partial charge in [0.05, 0.1) is 38.1 Å². The Balaban J connectivity index is 1.43. The van der Waals surface area contributed by atoms with E-state index in [2.05, 4.69) is 40.8 Å². The van der Waals surface area contributed by atoms with Crippen LogP contribution in [-0.4, -0.2) is 82.3 Å². The molecule has 0 radical (unpaired) electrons. The first-order chi connectivity index (χ1) is 18.1. The number of benzene rings is 1. The molecule has 0 aliphatic carbocycles. The van der Waals surface area contributed by atoms with Gasteiger partial charge in [0.1, 0.15) is 11.4 Å². The molecule has 204 valence electrons. The minimum absolute atomic E-state index is 0.200. The third kappa shape index (κ3) is 5.41. The Morgan fingerprint density at radius 3 is 2.50 bits per heavy atom. The molecule has 4 heterocycles. The van der Waals surface area contributed by atoms with Crippen molar-refractivity contribution in [1.82, 2.24) is 24.6 Å². The van der Waals surface area contributed by atoms with Crippen LogP contribution in [0.5, 0.6) is 6.01 Å². The van der Waals surface area contributed by atoms with Gasteiger partial charge in [-0.25, -0.2) is 9.48 Å². The van der Waals surface area contributed by atoms with Crippen LogP contribution in [0, 0.1) is 6.92 Å². The number of carbonyl (C=O) groups is 1. The van der Waals surface area contributed by atoms with Gasteiger partial charge >= 0.3 is 12.1 Å². The van der Waals surface area contributed by atoms with E-state index in [-0.39, 0.29) is 12.1 Å². The number of methoxy groups -OCH3 is 1. The molecule has 1 aromatic carbocycles. The second kappa shape index (κ2) is 10.4. The average molecular weight is 523 g/mol. The number of piperidine rings is 1. The number of rotatable bonds is 4. The number of aromatic nitrogens is 4. The molecule has 1 amide bonds. The van der Waals surface area contributed by atoms with Crippen molar-refractivity contribution in [2.75, 3.05) is 44.9 Å². The maximum atomic E-state index is 12.5. The summed E-state index contributed by atoms with van der Waals surface area (Å²) in [7, 11) is 1.58. The number of morpholine rings is 1. The zero-order chi connectivity index (χ0) is 27.0. The van der Waals surface area contributed by atoms with Crippen LogP contribution in [-0.2, 0) is 9.47 Å². The third-order valence-electron chi connectivity index (χ3n) is 7.28. The molecule has 2 aliphatic rings.